The third-order valence-corrected chi connectivity index (χ3v) is 7.34. The Kier molecular flexibility index (Phi) is 3.49. The minimum atomic E-state index is -0.767. The monoisotopic (exact) mass is 360 g/mol. The Morgan fingerprint density at radius 1 is 1.12 bits per heavy atom. The van der Waals surface area contributed by atoms with Crippen molar-refractivity contribution < 1.29 is 24.2 Å². The summed E-state index contributed by atoms with van der Waals surface area (Å²) >= 11 is 0. The van der Waals surface area contributed by atoms with Gasteiger partial charge in [-0.25, -0.2) is 0 Å². The molecule has 26 heavy (non-hydrogen) atoms. The standard InChI is InChI=1S/C21H28O5/c1-11-8-13(22)12-9-16-20(4,26-18(12)25-11)7-6-15-19(2,3)10-14(23)17(24)21(15,16)5/h10-11,15-16,23H,6-9H2,1-5H3/t11-,15-,16-,20-,21+/m1/s1. The first-order chi connectivity index (χ1) is 12.0. The SMILES string of the molecule is C[C@@H]1CC(=O)C2=C(O1)O[C@]1(C)CC[C@@H]3C(C)(C)C=C(O)C(=O)[C@]3(C)[C@@H]1C2. The minimum Gasteiger partial charge on any atom is -0.505 e. The van der Waals surface area contributed by atoms with Crippen molar-refractivity contribution in [2.45, 2.75) is 72.0 Å². The molecule has 0 amide bonds. The van der Waals surface area contributed by atoms with Gasteiger partial charge in [-0.05, 0) is 50.5 Å². The van der Waals surface area contributed by atoms with Gasteiger partial charge in [-0.3, -0.25) is 9.59 Å². The molecule has 5 nitrogen and oxygen atoms in total. The van der Waals surface area contributed by atoms with Gasteiger partial charge < -0.3 is 14.6 Å². The molecular weight excluding hydrogens is 332 g/mol. The van der Waals surface area contributed by atoms with Crippen LogP contribution in [0.25, 0.3) is 0 Å². The van der Waals surface area contributed by atoms with Crippen molar-refractivity contribution in [1.29, 1.82) is 0 Å². The summed E-state index contributed by atoms with van der Waals surface area (Å²) in [6, 6.07) is 0. The van der Waals surface area contributed by atoms with Crippen molar-refractivity contribution in [3.05, 3.63) is 23.4 Å². The van der Waals surface area contributed by atoms with E-state index in [0.717, 1.165) is 12.8 Å². The fourth-order valence-corrected chi connectivity index (χ4v) is 6.08. The van der Waals surface area contributed by atoms with E-state index in [2.05, 4.69) is 13.8 Å². The number of rotatable bonds is 0. The number of ketones is 2. The van der Waals surface area contributed by atoms with E-state index in [1.807, 2.05) is 20.8 Å². The number of ether oxygens (including phenoxy) is 2. The first kappa shape index (κ1) is 17.6. The van der Waals surface area contributed by atoms with Crippen LogP contribution in [0, 0.1) is 22.7 Å². The average Bonchev–Trinajstić information content (AvgIpc) is 2.50. The summed E-state index contributed by atoms with van der Waals surface area (Å²) in [7, 11) is 0. The maximum atomic E-state index is 13.2. The zero-order valence-electron chi connectivity index (χ0n) is 16.2. The highest BCUT2D eigenvalue weighted by Crippen LogP contribution is 2.63. The van der Waals surface area contributed by atoms with Crippen molar-refractivity contribution in [2.24, 2.45) is 22.7 Å². The van der Waals surface area contributed by atoms with Gasteiger partial charge >= 0.3 is 0 Å². The Balaban J connectivity index is 1.83. The van der Waals surface area contributed by atoms with Gasteiger partial charge in [-0.15, -0.1) is 0 Å². The molecule has 0 unspecified atom stereocenters. The van der Waals surface area contributed by atoms with E-state index in [1.165, 1.54) is 0 Å². The molecule has 1 saturated carbocycles. The summed E-state index contributed by atoms with van der Waals surface area (Å²) in [6.07, 6.45) is 3.96. The third-order valence-electron chi connectivity index (χ3n) is 7.34. The topological polar surface area (TPSA) is 72.8 Å². The molecule has 142 valence electrons. The molecule has 5 atom stereocenters. The summed E-state index contributed by atoms with van der Waals surface area (Å²) in [6.45, 7) is 10.00. The maximum Gasteiger partial charge on any atom is 0.286 e. The van der Waals surface area contributed by atoms with Crippen molar-refractivity contribution in [3.63, 3.8) is 0 Å². The molecular formula is C21H28O5. The van der Waals surface area contributed by atoms with E-state index < -0.39 is 11.0 Å². The fraction of sp³-hybridized carbons (Fsp3) is 0.714. The van der Waals surface area contributed by atoms with E-state index in [0.29, 0.717) is 24.4 Å². The molecule has 0 spiro atoms. The largest absolute Gasteiger partial charge is 0.505 e. The van der Waals surface area contributed by atoms with Gasteiger partial charge in [0.05, 0.1) is 5.57 Å². The van der Waals surface area contributed by atoms with Crippen LogP contribution in [-0.4, -0.2) is 28.4 Å². The van der Waals surface area contributed by atoms with Gasteiger partial charge in [-0.1, -0.05) is 20.8 Å². The Morgan fingerprint density at radius 2 is 1.81 bits per heavy atom. The van der Waals surface area contributed by atoms with Crippen LogP contribution in [0.1, 0.15) is 60.3 Å². The molecule has 4 aliphatic rings. The van der Waals surface area contributed by atoms with Crippen molar-refractivity contribution in [3.8, 4) is 0 Å². The highest BCUT2D eigenvalue weighted by Gasteiger charge is 2.65. The van der Waals surface area contributed by atoms with Gasteiger partial charge in [0, 0.05) is 17.8 Å². The van der Waals surface area contributed by atoms with Gasteiger partial charge in [0.2, 0.25) is 5.78 Å². The van der Waals surface area contributed by atoms with Crippen LogP contribution in [0.3, 0.4) is 0 Å². The number of aliphatic hydroxyl groups is 1. The Morgan fingerprint density at radius 3 is 2.50 bits per heavy atom. The number of carbonyl (C=O) groups is 2. The molecule has 4 rings (SSSR count). The summed E-state index contributed by atoms with van der Waals surface area (Å²) in [4.78, 5) is 25.7. The van der Waals surface area contributed by atoms with E-state index in [1.54, 1.807) is 6.08 Å². The second-order valence-electron chi connectivity index (χ2n) is 9.55. The van der Waals surface area contributed by atoms with Crippen LogP contribution in [0.5, 0.6) is 0 Å². The predicted molar refractivity (Wildman–Crippen MR) is 95.1 cm³/mol. The molecule has 2 heterocycles. The number of allylic oxidation sites excluding steroid dienone is 3. The van der Waals surface area contributed by atoms with Crippen molar-refractivity contribution in [2.75, 3.05) is 0 Å². The molecule has 5 heteroatoms. The fourth-order valence-electron chi connectivity index (χ4n) is 6.08. The molecule has 2 aliphatic heterocycles. The Hall–Kier alpha value is -1.78. The van der Waals surface area contributed by atoms with Crippen LogP contribution in [0.4, 0.5) is 0 Å². The number of fused-ring (bicyclic) bond motifs is 3. The number of hydrogen-bond donors (Lipinski definition) is 1. The lowest BCUT2D eigenvalue weighted by atomic mass is 9.45. The number of hydrogen-bond acceptors (Lipinski definition) is 5. The van der Waals surface area contributed by atoms with Gasteiger partial charge in [0.15, 0.2) is 11.5 Å². The zero-order chi connectivity index (χ0) is 19.1. The lowest BCUT2D eigenvalue weighted by Gasteiger charge is -2.60. The number of aliphatic hydroxyl groups excluding tert-OH is 1. The lowest BCUT2D eigenvalue weighted by Crippen LogP contribution is -2.63. The van der Waals surface area contributed by atoms with E-state index in [4.69, 9.17) is 9.47 Å². The van der Waals surface area contributed by atoms with Gasteiger partial charge in [0.1, 0.15) is 11.7 Å². The normalized spacial score (nSPS) is 44.2. The molecule has 1 fully saturated rings. The highest BCUT2D eigenvalue weighted by molar-refractivity contribution is 6.00. The summed E-state index contributed by atoms with van der Waals surface area (Å²) < 4.78 is 12.1. The van der Waals surface area contributed by atoms with Gasteiger partial charge in [-0.2, -0.15) is 0 Å². The second-order valence-corrected chi connectivity index (χ2v) is 9.55. The first-order valence-corrected chi connectivity index (χ1v) is 9.57. The molecule has 0 radical (unpaired) electrons. The molecule has 0 aromatic rings. The molecule has 0 aromatic carbocycles. The van der Waals surface area contributed by atoms with Gasteiger partial charge in [0.25, 0.3) is 5.95 Å². The number of carbonyl (C=O) groups excluding carboxylic acids is 2. The van der Waals surface area contributed by atoms with Crippen LogP contribution in [0.15, 0.2) is 23.4 Å². The number of Topliss-reactive ketones (excluding diaryl/α,β-unsaturated/α-hetero) is 2. The molecule has 0 aromatic heterocycles. The quantitative estimate of drug-likeness (QED) is 0.710. The van der Waals surface area contributed by atoms with E-state index in [9.17, 15) is 14.7 Å². The molecule has 0 saturated heterocycles. The van der Waals surface area contributed by atoms with Crippen molar-refractivity contribution >= 4 is 11.6 Å². The highest BCUT2D eigenvalue weighted by atomic mass is 16.7. The summed E-state index contributed by atoms with van der Waals surface area (Å²) in [5.41, 5.74) is -1.06. The third kappa shape index (κ3) is 2.15. The molecule has 2 aliphatic carbocycles. The predicted octanol–water partition coefficient (Wildman–Crippen LogP) is 3.84. The van der Waals surface area contributed by atoms with Crippen molar-refractivity contribution in [1.82, 2.24) is 0 Å². The van der Waals surface area contributed by atoms with Crippen LogP contribution < -0.4 is 0 Å². The van der Waals surface area contributed by atoms with Crippen LogP contribution in [-0.2, 0) is 19.1 Å². The summed E-state index contributed by atoms with van der Waals surface area (Å²) in [5, 5.41) is 10.4. The minimum absolute atomic E-state index is 0.0498. The average molecular weight is 360 g/mol. The van der Waals surface area contributed by atoms with E-state index in [-0.39, 0.29) is 40.7 Å². The molecule has 0 bridgehead atoms. The second kappa shape index (κ2) is 5.14. The Bertz CT molecular complexity index is 760. The zero-order valence-corrected chi connectivity index (χ0v) is 16.2. The first-order valence-electron chi connectivity index (χ1n) is 9.57. The molecule has 1 N–H and O–H groups in total. The maximum absolute atomic E-state index is 13.2. The smallest absolute Gasteiger partial charge is 0.286 e. The van der Waals surface area contributed by atoms with Crippen LogP contribution in [0.2, 0.25) is 0 Å². The lowest BCUT2D eigenvalue weighted by molar-refractivity contribution is -0.203. The van der Waals surface area contributed by atoms with E-state index >= 15 is 0 Å². The Labute approximate surface area is 154 Å². The summed E-state index contributed by atoms with van der Waals surface area (Å²) in [5.74, 6) is -0.0388. The van der Waals surface area contributed by atoms with Crippen LogP contribution >= 0.6 is 0 Å².